The molecule has 0 aromatic heterocycles. The third-order valence-electron chi connectivity index (χ3n) is 6.29. The Morgan fingerprint density at radius 3 is 2.82 bits per heavy atom. The van der Waals surface area contributed by atoms with Crippen LogP contribution in [0.4, 0.5) is 0 Å². The van der Waals surface area contributed by atoms with Crippen molar-refractivity contribution in [2.24, 2.45) is 5.92 Å². The van der Waals surface area contributed by atoms with Gasteiger partial charge < -0.3 is 4.90 Å². The van der Waals surface area contributed by atoms with E-state index >= 15 is 0 Å². The van der Waals surface area contributed by atoms with Crippen molar-refractivity contribution in [3.05, 3.63) is 57.8 Å². The molecule has 4 aliphatic rings. The van der Waals surface area contributed by atoms with Gasteiger partial charge in [-0.1, -0.05) is 24.3 Å². The molecule has 0 spiro atoms. The van der Waals surface area contributed by atoms with Crippen molar-refractivity contribution in [1.82, 2.24) is 4.90 Å². The summed E-state index contributed by atoms with van der Waals surface area (Å²) in [7, 11) is 0. The fourth-order valence-electron chi connectivity index (χ4n) is 5.35. The molecule has 0 amide bonds. The number of allylic oxidation sites excluding steroid dienone is 3. The predicted molar refractivity (Wildman–Crippen MR) is 90.7 cm³/mol. The Balaban J connectivity index is 1.65. The first-order valence-corrected chi connectivity index (χ1v) is 9.16. The van der Waals surface area contributed by atoms with E-state index in [1.165, 1.54) is 64.5 Å². The summed E-state index contributed by atoms with van der Waals surface area (Å²) < 4.78 is 0. The van der Waals surface area contributed by atoms with Gasteiger partial charge in [0, 0.05) is 18.8 Å². The highest BCUT2D eigenvalue weighted by atomic mass is 15.1. The predicted octanol–water partition coefficient (Wildman–Crippen LogP) is 4.64. The minimum Gasteiger partial charge on any atom is -0.371 e. The average molecular weight is 291 g/mol. The van der Waals surface area contributed by atoms with E-state index in [1.54, 1.807) is 28.0 Å². The largest absolute Gasteiger partial charge is 0.371 e. The SMILES string of the molecule is c1ccc2c(c1)CC1=C3C(=C4CCCCN4C1)CCCC3C2. The summed E-state index contributed by atoms with van der Waals surface area (Å²) >= 11 is 0. The number of fused-ring (bicyclic) bond motifs is 2. The number of hydrogen-bond acceptors (Lipinski definition) is 1. The second kappa shape index (κ2) is 5.01. The fraction of sp³-hybridized carbons (Fsp3) is 0.524. The summed E-state index contributed by atoms with van der Waals surface area (Å²) in [5.74, 6) is 0.805. The number of rotatable bonds is 0. The molecule has 0 bridgehead atoms. The Bertz CT molecular complexity index is 679. The van der Waals surface area contributed by atoms with Crippen LogP contribution in [-0.2, 0) is 12.8 Å². The van der Waals surface area contributed by atoms with E-state index in [2.05, 4.69) is 29.2 Å². The Hall–Kier alpha value is -1.50. The number of piperidine rings is 1. The Morgan fingerprint density at radius 2 is 1.86 bits per heavy atom. The highest BCUT2D eigenvalue weighted by Crippen LogP contribution is 2.47. The maximum absolute atomic E-state index is 2.73. The molecular weight excluding hydrogens is 266 g/mol. The second-order valence-corrected chi connectivity index (χ2v) is 7.56. The molecule has 1 saturated carbocycles. The van der Waals surface area contributed by atoms with Crippen molar-refractivity contribution in [2.75, 3.05) is 13.1 Å². The van der Waals surface area contributed by atoms with Gasteiger partial charge in [0.05, 0.1) is 0 Å². The molecule has 2 heterocycles. The summed E-state index contributed by atoms with van der Waals surface area (Å²) in [5.41, 5.74) is 10.3. The van der Waals surface area contributed by atoms with Crippen LogP contribution in [0, 0.1) is 5.92 Å². The first kappa shape index (κ1) is 13.0. The molecule has 2 fully saturated rings. The van der Waals surface area contributed by atoms with Gasteiger partial charge in [0.1, 0.15) is 0 Å². The van der Waals surface area contributed by atoms with E-state index in [9.17, 15) is 0 Å². The molecule has 1 aromatic carbocycles. The van der Waals surface area contributed by atoms with Crippen molar-refractivity contribution in [3.8, 4) is 0 Å². The molecule has 1 unspecified atom stereocenters. The van der Waals surface area contributed by atoms with Crippen LogP contribution in [0.15, 0.2) is 46.7 Å². The van der Waals surface area contributed by atoms with Gasteiger partial charge in [-0.25, -0.2) is 0 Å². The molecule has 1 aromatic rings. The van der Waals surface area contributed by atoms with Crippen molar-refractivity contribution in [2.45, 2.75) is 51.4 Å². The topological polar surface area (TPSA) is 3.24 Å². The number of hydrogen-bond donors (Lipinski definition) is 0. The molecule has 1 nitrogen and oxygen atoms in total. The van der Waals surface area contributed by atoms with Crippen LogP contribution in [0.5, 0.6) is 0 Å². The lowest BCUT2D eigenvalue weighted by atomic mass is 9.73. The van der Waals surface area contributed by atoms with Gasteiger partial charge in [-0.3, -0.25) is 0 Å². The van der Waals surface area contributed by atoms with E-state index in [0.717, 1.165) is 5.92 Å². The van der Waals surface area contributed by atoms with Gasteiger partial charge in [0.2, 0.25) is 0 Å². The molecule has 2 aliphatic carbocycles. The van der Waals surface area contributed by atoms with E-state index in [4.69, 9.17) is 0 Å². The van der Waals surface area contributed by atoms with Crippen LogP contribution < -0.4 is 0 Å². The van der Waals surface area contributed by atoms with E-state index in [0.29, 0.717) is 0 Å². The minimum atomic E-state index is 0.805. The van der Waals surface area contributed by atoms with Crippen LogP contribution in [0.25, 0.3) is 0 Å². The molecule has 1 saturated heterocycles. The lowest BCUT2D eigenvalue weighted by molar-refractivity contribution is 0.290. The van der Waals surface area contributed by atoms with Gasteiger partial charge in [-0.05, 0) is 85.1 Å². The van der Waals surface area contributed by atoms with Crippen LogP contribution >= 0.6 is 0 Å². The minimum absolute atomic E-state index is 0.805. The summed E-state index contributed by atoms with van der Waals surface area (Å²) in [6.45, 7) is 2.51. The third kappa shape index (κ3) is 1.91. The molecule has 0 radical (unpaired) electrons. The summed E-state index contributed by atoms with van der Waals surface area (Å²) in [5, 5.41) is 0. The lowest BCUT2D eigenvalue weighted by Gasteiger charge is -2.43. The van der Waals surface area contributed by atoms with Crippen molar-refractivity contribution in [1.29, 1.82) is 0 Å². The van der Waals surface area contributed by atoms with Crippen LogP contribution in [-0.4, -0.2) is 18.0 Å². The molecule has 1 heteroatoms. The molecule has 22 heavy (non-hydrogen) atoms. The Morgan fingerprint density at radius 1 is 0.955 bits per heavy atom. The molecule has 2 aliphatic heterocycles. The smallest absolute Gasteiger partial charge is 0.0395 e. The zero-order chi connectivity index (χ0) is 14.5. The van der Waals surface area contributed by atoms with E-state index in [1.807, 2.05) is 5.57 Å². The van der Waals surface area contributed by atoms with Gasteiger partial charge in [0.15, 0.2) is 0 Å². The molecule has 1 atom stereocenters. The van der Waals surface area contributed by atoms with Gasteiger partial charge >= 0.3 is 0 Å². The Kier molecular flexibility index (Phi) is 2.96. The maximum atomic E-state index is 2.73. The quantitative estimate of drug-likeness (QED) is 0.673. The number of nitrogens with zero attached hydrogens (tertiary/aromatic N) is 1. The van der Waals surface area contributed by atoms with Crippen molar-refractivity contribution >= 4 is 0 Å². The zero-order valence-electron chi connectivity index (χ0n) is 13.4. The van der Waals surface area contributed by atoms with Gasteiger partial charge in [-0.15, -0.1) is 0 Å². The first-order chi connectivity index (χ1) is 10.9. The summed E-state index contributed by atoms with van der Waals surface area (Å²) in [4.78, 5) is 2.73. The average Bonchev–Trinajstić information content (AvgIpc) is 2.72. The van der Waals surface area contributed by atoms with Gasteiger partial charge in [-0.2, -0.15) is 0 Å². The monoisotopic (exact) mass is 291 g/mol. The molecule has 114 valence electrons. The highest BCUT2D eigenvalue weighted by Gasteiger charge is 2.36. The normalized spacial score (nSPS) is 27.1. The standard InChI is InChI=1S/C21H25N/c1-2-7-16-13-18-14-22-11-4-3-10-20(22)19-9-5-8-17(21(18)19)12-15(16)6-1/h1-2,6-7,17H,3-5,8-14H2. The first-order valence-electron chi connectivity index (χ1n) is 9.16. The zero-order valence-corrected chi connectivity index (χ0v) is 13.4. The maximum Gasteiger partial charge on any atom is 0.0395 e. The highest BCUT2D eigenvalue weighted by molar-refractivity contribution is 5.50. The molecule has 5 rings (SSSR count). The molecule has 0 N–H and O–H groups in total. The van der Waals surface area contributed by atoms with Crippen LogP contribution in [0.2, 0.25) is 0 Å². The van der Waals surface area contributed by atoms with Crippen LogP contribution in [0.1, 0.15) is 49.7 Å². The van der Waals surface area contributed by atoms with Crippen LogP contribution in [0.3, 0.4) is 0 Å². The van der Waals surface area contributed by atoms with Gasteiger partial charge in [0.25, 0.3) is 0 Å². The third-order valence-corrected chi connectivity index (χ3v) is 6.29. The second-order valence-electron chi connectivity index (χ2n) is 7.56. The molecular formula is C21H25N. The Labute approximate surface area is 133 Å². The fourth-order valence-corrected chi connectivity index (χ4v) is 5.35. The number of benzene rings is 1. The lowest BCUT2D eigenvalue weighted by Crippen LogP contribution is -2.37. The van der Waals surface area contributed by atoms with Crippen molar-refractivity contribution < 1.29 is 0 Å². The van der Waals surface area contributed by atoms with Crippen molar-refractivity contribution in [3.63, 3.8) is 0 Å². The summed E-state index contributed by atoms with van der Waals surface area (Å²) in [6.07, 6.45) is 10.8. The van der Waals surface area contributed by atoms with E-state index in [-0.39, 0.29) is 0 Å². The van der Waals surface area contributed by atoms with E-state index < -0.39 is 0 Å². The summed E-state index contributed by atoms with van der Waals surface area (Å²) in [6, 6.07) is 9.21.